The van der Waals surface area contributed by atoms with Crippen molar-refractivity contribution in [2.24, 2.45) is 0 Å². The molecule has 0 amide bonds. The van der Waals surface area contributed by atoms with Gasteiger partial charge in [0.1, 0.15) is 11.3 Å². The minimum atomic E-state index is -0.341. The molecule has 0 aliphatic heterocycles. The number of rotatable bonds is 8. The smallest absolute Gasteiger partial charge is 0.131 e. The van der Waals surface area contributed by atoms with Crippen molar-refractivity contribution in [1.29, 1.82) is 0 Å². The Morgan fingerprint density at radius 2 is 1.20 bits per heavy atom. The average Bonchev–Trinajstić information content (AvgIpc) is 3.75. The number of phenols is 1. The van der Waals surface area contributed by atoms with Crippen LogP contribution in [0.25, 0.3) is 100.0 Å². The van der Waals surface area contributed by atoms with Gasteiger partial charge in [0, 0.05) is 66.0 Å². The van der Waals surface area contributed by atoms with Gasteiger partial charge in [-0.15, -0.1) is 42.0 Å². The molecule has 1 N–H and O–H groups in total. The van der Waals surface area contributed by atoms with Gasteiger partial charge in [-0.05, 0) is 106 Å². The molecule has 0 aliphatic rings. The molecular formula is C63H50FIrN3O2-2. The second kappa shape index (κ2) is 20.2. The Balaban J connectivity index is 0.000000174. The van der Waals surface area contributed by atoms with E-state index in [2.05, 4.69) is 155 Å². The summed E-state index contributed by atoms with van der Waals surface area (Å²) < 4.78 is 20.2. The summed E-state index contributed by atoms with van der Waals surface area (Å²) in [6.45, 7) is 13.0. The van der Waals surface area contributed by atoms with Crippen LogP contribution in [0.1, 0.15) is 61.8 Å². The number of benzene rings is 7. The fourth-order valence-electron chi connectivity index (χ4n) is 9.16. The molecule has 7 aromatic carbocycles. The van der Waals surface area contributed by atoms with Crippen LogP contribution in [0.4, 0.5) is 4.39 Å². The van der Waals surface area contributed by atoms with Crippen LogP contribution in [0, 0.1) is 31.8 Å². The fraction of sp³-hybridized carbons (Fsp3) is 0.127. The van der Waals surface area contributed by atoms with E-state index < -0.39 is 0 Å². The first-order valence-electron chi connectivity index (χ1n) is 23.4. The average molecular weight is 1090 g/mol. The molecule has 0 fully saturated rings. The summed E-state index contributed by atoms with van der Waals surface area (Å²) in [5, 5.41) is 15.1. The maximum Gasteiger partial charge on any atom is 0.131 e. The standard InChI is InChI=1S/C35H31FNO.C28H19N2O.Ir/c1-22(2)30-18-26(24-10-6-5-7-11-24)19-31(23(3)4)35(30)27-20-32(25-14-16-28(36)17-15-25)37-33(21-27)29-12-8-9-13-34(29)38;1-17-9-11-29-25(13-17)20-15-23-22-8-7-19-5-3-4-6-21(19)27(22)31-28(23)24(16-20)26-14-18(2)10-12-30-26;/h5-14,16-23,38H,1-4H3;3-15H,1-2H3;/q2*-1;. The number of halogens is 1. The van der Waals surface area contributed by atoms with E-state index >= 15 is 0 Å². The third-order valence-electron chi connectivity index (χ3n) is 12.7. The van der Waals surface area contributed by atoms with E-state index in [0.29, 0.717) is 22.5 Å². The van der Waals surface area contributed by atoms with Crippen molar-refractivity contribution < 1.29 is 34.0 Å². The first-order chi connectivity index (χ1) is 33.5. The maximum absolute atomic E-state index is 13.7. The number of hydrogen-bond donors (Lipinski definition) is 1. The van der Waals surface area contributed by atoms with Gasteiger partial charge in [-0.2, -0.15) is 0 Å². The molecule has 0 bridgehead atoms. The molecule has 4 heterocycles. The zero-order valence-corrected chi connectivity index (χ0v) is 42.2. The predicted octanol–water partition coefficient (Wildman–Crippen LogP) is 16.9. The van der Waals surface area contributed by atoms with Crippen LogP contribution >= 0.6 is 0 Å². The molecule has 7 heteroatoms. The number of pyridine rings is 3. The summed E-state index contributed by atoms with van der Waals surface area (Å²) in [5.74, 6) is 0.368. The first-order valence-corrected chi connectivity index (χ1v) is 23.4. The van der Waals surface area contributed by atoms with Crippen LogP contribution in [0.2, 0.25) is 0 Å². The molecule has 11 rings (SSSR count). The van der Waals surface area contributed by atoms with Crippen LogP contribution < -0.4 is 0 Å². The van der Waals surface area contributed by atoms with Gasteiger partial charge >= 0.3 is 0 Å². The van der Waals surface area contributed by atoms with Crippen molar-refractivity contribution in [2.45, 2.75) is 53.4 Å². The predicted molar refractivity (Wildman–Crippen MR) is 281 cm³/mol. The van der Waals surface area contributed by atoms with Gasteiger partial charge in [-0.1, -0.05) is 159 Å². The Bertz CT molecular complexity index is 3650. The summed E-state index contributed by atoms with van der Waals surface area (Å²) in [7, 11) is 0. The molecule has 4 aromatic heterocycles. The van der Waals surface area contributed by atoms with Crippen molar-refractivity contribution in [3.8, 4) is 73.0 Å². The number of aromatic nitrogens is 3. The summed E-state index contributed by atoms with van der Waals surface area (Å²) >= 11 is 0. The fourth-order valence-corrected chi connectivity index (χ4v) is 9.16. The van der Waals surface area contributed by atoms with Crippen molar-refractivity contribution in [2.75, 3.05) is 0 Å². The van der Waals surface area contributed by atoms with Crippen molar-refractivity contribution in [1.82, 2.24) is 15.0 Å². The quantitative estimate of drug-likeness (QED) is 0.154. The molecule has 11 aromatic rings. The van der Waals surface area contributed by atoms with Gasteiger partial charge in [-0.25, -0.2) is 0 Å². The van der Waals surface area contributed by atoms with Crippen LogP contribution in [0.15, 0.2) is 181 Å². The number of hydrogen-bond acceptors (Lipinski definition) is 5. The number of para-hydroxylation sites is 1. The van der Waals surface area contributed by atoms with Gasteiger partial charge in [0.2, 0.25) is 0 Å². The number of furan rings is 1. The minimum Gasteiger partial charge on any atom is -0.507 e. The van der Waals surface area contributed by atoms with E-state index in [9.17, 15) is 9.50 Å². The summed E-state index contributed by atoms with van der Waals surface area (Å²) in [6, 6.07) is 60.4. The number of aromatic hydroxyl groups is 1. The molecule has 0 aliphatic carbocycles. The zero-order chi connectivity index (χ0) is 47.8. The molecular weight excluding hydrogens is 1040 g/mol. The van der Waals surface area contributed by atoms with Gasteiger partial charge in [0.25, 0.3) is 0 Å². The SMILES string of the molecule is CC(C)c1cc(-c2ccccc2)cc(C(C)C)c1-c1cc(-c2[c-]cc(F)cc2)nc(-c2ccccc2O)c1.Cc1ccnc(-c2[c-]c(-c3cc(C)ccn3)c3oc4c5ccccc5ccc4c3c2)c1.[Ir]. The molecule has 347 valence electrons. The monoisotopic (exact) mass is 1090 g/mol. The summed E-state index contributed by atoms with van der Waals surface area (Å²) in [5.41, 5.74) is 17.3. The number of aryl methyl sites for hydroxylation is 2. The van der Waals surface area contributed by atoms with Crippen molar-refractivity contribution in [3.63, 3.8) is 0 Å². The van der Waals surface area contributed by atoms with E-state index in [1.165, 1.54) is 39.9 Å². The first kappa shape index (κ1) is 47.5. The largest absolute Gasteiger partial charge is 0.507 e. The Kier molecular flexibility index (Phi) is 13.7. The van der Waals surface area contributed by atoms with Gasteiger partial charge < -0.3 is 9.52 Å². The number of fused-ring (bicyclic) bond motifs is 5. The molecule has 1 radical (unpaired) electrons. The van der Waals surface area contributed by atoms with E-state index in [4.69, 9.17) is 9.40 Å². The summed E-state index contributed by atoms with van der Waals surface area (Å²) in [6.07, 6.45) is 3.67. The number of phenolic OH excluding ortho intramolecular Hbond substituents is 1. The maximum atomic E-state index is 13.7. The second-order valence-corrected chi connectivity index (χ2v) is 18.3. The molecule has 0 spiro atoms. The minimum absolute atomic E-state index is 0. The topological polar surface area (TPSA) is 72.0 Å². The Labute approximate surface area is 422 Å². The molecule has 5 nitrogen and oxygen atoms in total. The van der Waals surface area contributed by atoms with Crippen LogP contribution in [0.5, 0.6) is 5.75 Å². The molecule has 0 saturated carbocycles. The van der Waals surface area contributed by atoms with Gasteiger partial charge in [0.15, 0.2) is 0 Å². The Morgan fingerprint density at radius 1 is 0.543 bits per heavy atom. The van der Waals surface area contributed by atoms with E-state index in [1.807, 2.05) is 54.9 Å². The third kappa shape index (κ3) is 9.56. The molecule has 0 saturated heterocycles. The third-order valence-corrected chi connectivity index (χ3v) is 12.7. The van der Waals surface area contributed by atoms with Crippen molar-refractivity contribution >= 4 is 32.7 Å². The van der Waals surface area contributed by atoms with E-state index in [0.717, 1.165) is 71.9 Å². The summed E-state index contributed by atoms with van der Waals surface area (Å²) in [4.78, 5) is 14.1. The van der Waals surface area contributed by atoms with Crippen LogP contribution in [-0.2, 0) is 20.1 Å². The van der Waals surface area contributed by atoms with E-state index in [-0.39, 0.29) is 43.5 Å². The molecule has 70 heavy (non-hydrogen) atoms. The van der Waals surface area contributed by atoms with Crippen molar-refractivity contribution in [3.05, 3.63) is 216 Å². The number of nitrogens with zero attached hydrogens (tertiary/aromatic N) is 3. The zero-order valence-electron chi connectivity index (χ0n) is 39.8. The second-order valence-electron chi connectivity index (χ2n) is 18.3. The van der Waals surface area contributed by atoms with E-state index in [1.54, 1.807) is 18.2 Å². The Morgan fingerprint density at radius 3 is 1.89 bits per heavy atom. The molecule has 0 atom stereocenters. The van der Waals surface area contributed by atoms with Gasteiger partial charge in [-0.3, -0.25) is 19.3 Å². The van der Waals surface area contributed by atoms with Crippen LogP contribution in [0.3, 0.4) is 0 Å². The van der Waals surface area contributed by atoms with Gasteiger partial charge in [0.05, 0.1) is 11.3 Å². The Hall–Kier alpha value is -7.57. The van der Waals surface area contributed by atoms with Crippen LogP contribution in [-0.4, -0.2) is 20.1 Å². The normalized spacial score (nSPS) is 11.3. The molecule has 0 unspecified atom stereocenters.